The van der Waals surface area contributed by atoms with Crippen molar-refractivity contribution in [3.63, 3.8) is 0 Å². The monoisotopic (exact) mass is 313 g/mol. The summed E-state index contributed by atoms with van der Waals surface area (Å²) in [7, 11) is 0. The molecule has 0 aliphatic carbocycles. The first-order valence-corrected chi connectivity index (χ1v) is 7.54. The summed E-state index contributed by atoms with van der Waals surface area (Å²) in [6.45, 7) is 3.13. The van der Waals surface area contributed by atoms with Crippen LogP contribution in [0, 0.1) is 0 Å². The zero-order valence-electron chi connectivity index (χ0n) is 11.3. The van der Waals surface area contributed by atoms with Gasteiger partial charge >= 0.3 is 0 Å². The van der Waals surface area contributed by atoms with Gasteiger partial charge in [-0.2, -0.15) is 0 Å². The number of halogens is 2. The standard InChI is InChI=1S/C14H17Cl2N3O/c1-2-17-14(20)6-8-19-12-9-10(16)3-4-11(12)18-13(19)5-7-15/h3-4,9H,2,5-8H2,1H3,(H,17,20). The fourth-order valence-electron chi connectivity index (χ4n) is 2.17. The fourth-order valence-corrected chi connectivity index (χ4v) is 2.50. The van der Waals surface area contributed by atoms with E-state index >= 15 is 0 Å². The number of amides is 1. The van der Waals surface area contributed by atoms with E-state index in [1.807, 2.05) is 29.7 Å². The van der Waals surface area contributed by atoms with Gasteiger partial charge in [-0.3, -0.25) is 4.79 Å². The van der Waals surface area contributed by atoms with Crippen LogP contribution in [0.3, 0.4) is 0 Å². The van der Waals surface area contributed by atoms with Gasteiger partial charge in [0.1, 0.15) is 5.82 Å². The molecule has 0 aliphatic heterocycles. The largest absolute Gasteiger partial charge is 0.356 e. The van der Waals surface area contributed by atoms with E-state index in [0.717, 1.165) is 16.9 Å². The Morgan fingerprint density at radius 1 is 1.45 bits per heavy atom. The molecule has 1 aromatic carbocycles. The van der Waals surface area contributed by atoms with Gasteiger partial charge in [-0.25, -0.2) is 4.98 Å². The second-order valence-electron chi connectivity index (χ2n) is 4.46. The van der Waals surface area contributed by atoms with Gasteiger partial charge in [-0.15, -0.1) is 11.6 Å². The van der Waals surface area contributed by atoms with Crippen molar-refractivity contribution < 1.29 is 4.79 Å². The summed E-state index contributed by atoms with van der Waals surface area (Å²) in [5.41, 5.74) is 1.83. The number of benzene rings is 1. The van der Waals surface area contributed by atoms with E-state index in [1.54, 1.807) is 0 Å². The minimum Gasteiger partial charge on any atom is -0.356 e. The lowest BCUT2D eigenvalue weighted by atomic mass is 10.3. The Morgan fingerprint density at radius 3 is 2.95 bits per heavy atom. The number of fused-ring (bicyclic) bond motifs is 1. The number of carbonyl (C=O) groups excluding carboxylic acids is 1. The highest BCUT2D eigenvalue weighted by Gasteiger charge is 2.12. The molecular formula is C14H17Cl2N3O. The Balaban J connectivity index is 2.30. The van der Waals surface area contributed by atoms with Crippen LogP contribution in [0.4, 0.5) is 0 Å². The molecule has 1 heterocycles. The molecule has 0 fully saturated rings. The van der Waals surface area contributed by atoms with Crippen molar-refractivity contribution in [3.05, 3.63) is 29.0 Å². The van der Waals surface area contributed by atoms with Crippen LogP contribution in [0.25, 0.3) is 11.0 Å². The lowest BCUT2D eigenvalue weighted by Gasteiger charge is -2.08. The van der Waals surface area contributed by atoms with Crippen LogP contribution in [0.1, 0.15) is 19.2 Å². The van der Waals surface area contributed by atoms with Gasteiger partial charge in [0.25, 0.3) is 0 Å². The molecule has 2 rings (SSSR count). The Morgan fingerprint density at radius 2 is 2.25 bits per heavy atom. The summed E-state index contributed by atoms with van der Waals surface area (Å²) in [4.78, 5) is 16.2. The minimum absolute atomic E-state index is 0.0354. The molecule has 0 bridgehead atoms. The molecule has 0 spiro atoms. The molecule has 0 atom stereocenters. The lowest BCUT2D eigenvalue weighted by molar-refractivity contribution is -0.121. The van der Waals surface area contributed by atoms with Crippen molar-refractivity contribution in [1.29, 1.82) is 0 Å². The van der Waals surface area contributed by atoms with E-state index in [2.05, 4.69) is 10.3 Å². The van der Waals surface area contributed by atoms with Gasteiger partial charge < -0.3 is 9.88 Å². The number of nitrogens with one attached hydrogen (secondary N) is 1. The van der Waals surface area contributed by atoms with E-state index in [-0.39, 0.29) is 5.91 Å². The smallest absolute Gasteiger partial charge is 0.221 e. The fraction of sp³-hybridized carbons (Fsp3) is 0.429. The van der Waals surface area contributed by atoms with E-state index in [1.165, 1.54) is 0 Å². The summed E-state index contributed by atoms with van der Waals surface area (Å²) in [5, 5.41) is 3.46. The Kier molecular flexibility index (Phi) is 5.26. The van der Waals surface area contributed by atoms with Crippen LogP contribution >= 0.6 is 23.2 Å². The molecule has 0 saturated heterocycles. The molecular weight excluding hydrogens is 297 g/mol. The molecule has 1 N–H and O–H groups in total. The molecule has 2 aromatic rings. The molecule has 0 unspecified atom stereocenters. The van der Waals surface area contributed by atoms with E-state index < -0.39 is 0 Å². The first-order chi connectivity index (χ1) is 9.65. The third kappa shape index (κ3) is 3.44. The SMILES string of the molecule is CCNC(=O)CCn1c(CCCl)nc2ccc(Cl)cc21. The molecule has 108 valence electrons. The summed E-state index contributed by atoms with van der Waals surface area (Å²) in [6.07, 6.45) is 1.09. The van der Waals surface area contributed by atoms with Crippen molar-refractivity contribution >= 4 is 40.1 Å². The van der Waals surface area contributed by atoms with Gasteiger partial charge in [0.15, 0.2) is 0 Å². The molecule has 20 heavy (non-hydrogen) atoms. The molecule has 1 amide bonds. The van der Waals surface area contributed by atoms with E-state index in [4.69, 9.17) is 23.2 Å². The van der Waals surface area contributed by atoms with Crippen LogP contribution in [0.5, 0.6) is 0 Å². The highest BCUT2D eigenvalue weighted by Crippen LogP contribution is 2.21. The van der Waals surface area contributed by atoms with Gasteiger partial charge in [0.2, 0.25) is 5.91 Å². The second-order valence-corrected chi connectivity index (χ2v) is 5.27. The number of hydrogen-bond donors (Lipinski definition) is 1. The minimum atomic E-state index is 0.0354. The number of rotatable bonds is 6. The molecule has 0 aliphatic rings. The van der Waals surface area contributed by atoms with Crippen molar-refractivity contribution in [3.8, 4) is 0 Å². The van der Waals surface area contributed by atoms with Gasteiger partial charge in [0.05, 0.1) is 11.0 Å². The van der Waals surface area contributed by atoms with Crippen LogP contribution in [0.2, 0.25) is 5.02 Å². The molecule has 4 nitrogen and oxygen atoms in total. The zero-order chi connectivity index (χ0) is 14.5. The maximum absolute atomic E-state index is 11.6. The molecule has 0 radical (unpaired) electrons. The summed E-state index contributed by atoms with van der Waals surface area (Å²) < 4.78 is 2.03. The van der Waals surface area contributed by atoms with Crippen molar-refractivity contribution in [2.24, 2.45) is 0 Å². The summed E-state index contributed by atoms with van der Waals surface area (Å²) in [6, 6.07) is 5.58. The van der Waals surface area contributed by atoms with Crippen LogP contribution in [0.15, 0.2) is 18.2 Å². The topological polar surface area (TPSA) is 46.9 Å². The zero-order valence-corrected chi connectivity index (χ0v) is 12.8. The Bertz CT molecular complexity index is 610. The number of imidazole rings is 1. The maximum atomic E-state index is 11.6. The van der Waals surface area contributed by atoms with Crippen LogP contribution in [-0.2, 0) is 17.8 Å². The van der Waals surface area contributed by atoms with Crippen LogP contribution < -0.4 is 5.32 Å². The van der Waals surface area contributed by atoms with Crippen LogP contribution in [-0.4, -0.2) is 27.9 Å². The first kappa shape index (κ1) is 15.1. The van der Waals surface area contributed by atoms with Gasteiger partial charge in [0, 0.05) is 36.8 Å². The maximum Gasteiger partial charge on any atom is 0.221 e. The lowest BCUT2D eigenvalue weighted by Crippen LogP contribution is -2.24. The number of aryl methyl sites for hydroxylation is 2. The highest BCUT2D eigenvalue weighted by molar-refractivity contribution is 6.31. The normalized spacial score (nSPS) is 10.9. The van der Waals surface area contributed by atoms with Crippen molar-refractivity contribution in [2.75, 3.05) is 12.4 Å². The third-order valence-electron chi connectivity index (χ3n) is 3.04. The number of aromatic nitrogens is 2. The van der Waals surface area contributed by atoms with E-state index in [0.29, 0.717) is 36.8 Å². The number of nitrogens with zero attached hydrogens (tertiary/aromatic N) is 2. The molecule has 0 saturated carbocycles. The molecule has 1 aromatic heterocycles. The predicted octanol–water partition coefficient (Wildman–Crippen LogP) is 3.00. The summed E-state index contributed by atoms with van der Waals surface area (Å²) in [5.74, 6) is 1.42. The van der Waals surface area contributed by atoms with Crippen molar-refractivity contribution in [1.82, 2.24) is 14.9 Å². The average molecular weight is 314 g/mol. The average Bonchev–Trinajstić information content (AvgIpc) is 2.74. The predicted molar refractivity (Wildman–Crippen MR) is 82.5 cm³/mol. The number of carbonyl (C=O) groups is 1. The number of hydrogen-bond acceptors (Lipinski definition) is 2. The highest BCUT2D eigenvalue weighted by atomic mass is 35.5. The van der Waals surface area contributed by atoms with Gasteiger partial charge in [-0.1, -0.05) is 11.6 Å². The third-order valence-corrected chi connectivity index (χ3v) is 3.47. The Labute approximate surface area is 128 Å². The van der Waals surface area contributed by atoms with E-state index in [9.17, 15) is 4.79 Å². The van der Waals surface area contributed by atoms with Gasteiger partial charge in [-0.05, 0) is 25.1 Å². The number of alkyl halides is 1. The first-order valence-electron chi connectivity index (χ1n) is 6.63. The summed E-state index contributed by atoms with van der Waals surface area (Å²) >= 11 is 11.9. The van der Waals surface area contributed by atoms with Crippen molar-refractivity contribution in [2.45, 2.75) is 26.3 Å². The molecule has 6 heteroatoms. The second kappa shape index (κ2) is 6.95. The quantitative estimate of drug-likeness (QED) is 0.833. The Hall–Kier alpha value is -1.26.